The van der Waals surface area contributed by atoms with E-state index in [1.807, 2.05) is 38.1 Å². The zero-order valence-corrected chi connectivity index (χ0v) is 13.1. The van der Waals surface area contributed by atoms with Gasteiger partial charge in [-0.3, -0.25) is 4.98 Å². The molecule has 3 rings (SSSR count). The number of hydrogen-bond donors (Lipinski definition) is 0. The van der Waals surface area contributed by atoms with Crippen LogP contribution in [0.25, 0.3) is 11.3 Å². The van der Waals surface area contributed by atoms with Gasteiger partial charge in [0.2, 0.25) is 0 Å². The third-order valence-corrected chi connectivity index (χ3v) is 4.24. The van der Waals surface area contributed by atoms with Crippen molar-refractivity contribution in [3.8, 4) is 17.3 Å². The van der Waals surface area contributed by atoms with Crippen LogP contribution in [-0.4, -0.2) is 23.1 Å². The molecule has 0 radical (unpaired) electrons. The van der Waals surface area contributed by atoms with Crippen LogP contribution in [0.4, 0.5) is 5.82 Å². The third-order valence-electron chi connectivity index (χ3n) is 4.24. The Bertz CT molecular complexity index is 692. The highest BCUT2D eigenvalue weighted by atomic mass is 15.2. The van der Waals surface area contributed by atoms with Crippen molar-refractivity contribution in [2.24, 2.45) is 0 Å². The number of anilines is 1. The van der Waals surface area contributed by atoms with Gasteiger partial charge in [-0.2, -0.15) is 5.26 Å². The molecule has 1 aliphatic rings. The van der Waals surface area contributed by atoms with E-state index >= 15 is 0 Å². The molecule has 0 atom stereocenters. The van der Waals surface area contributed by atoms with E-state index in [2.05, 4.69) is 20.9 Å². The lowest BCUT2D eigenvalue weighted by molar-refractivity contribution is 0.687. The van der Waals surface area contributed by atoms with Gasteiger partial charge in [-0.1, -0.05) is 24.3 Å². The number of rotatable bonds is 3. The second-order valence-electron chi connectivity index (χ2n) is 6.24. The highest BCUT2D eigenvalue weighted by Gasteiger charge is 2.21. The smallest absolute Gasteiger partial charge is 0.155 e. The van der Waals surface area contributed by atoms with Gasteiger partial charge in [0.15, 0.2) is 5.82 Å². The predicted molar refractivity (Wildman–Crippen MR) is 87.6 cm³/mol. The molecule has 0 amide bonds. The fourth-order valence-corrected chi connectivity index (χ4v) is 2.80. The summed E-state index contributed by atoms with van der Waals surface area (Å²) in [5.41, 5.74) is 2.52. The Kier molecular flexibility index (Phi) is 3.81. The lowest BCUT2D eigenvalue weighted by atomic mass is 9.86. The van der Waals surface area contributed by atoms with Gasteiger partial charge >= 0.3 is 0 Å². The molecule has 0 saturated carbocycles. The lowest BCUT2D eigenvalue weighted by Crippen LogP contribution is -2.20. The highest BCUT2D eigenvalue weighted by Crippen LogP contribution is 2.30. The van der Waals surface area contributed by atoms with Crippen LogP contribution < -0.4 is 4.90 Å². The Labute approximate surface area is 131 Å². The molecular weight excluding hydrogens is 272 g/mol. The lowest BCUT2D eigenvalue weighted by Gasteiger charge is -2.20. The molecule has 0 spiro atoms. The maximum atomic E-state index is 9.24. The molecule has 0 aliphatic carbocycles. The maximum Gasteiger partial charge on any atom is 0.155 e. The van der Waals surface area contributed by atoms with Gasteiger partial charge in [0.05, 0.1) is 11.5 Å². The van der Waals surface area contributed by atoms with Gasteiger partial charge < -0.3 is 4.90 Å². The largest absolute Gasteiger partial charge is 0.355 e. The molecule has 1 aromatic heterocycles. The van der Waals surface area contributed by atoms with Crippen LogP contribution in [0.1, 0.15) is 32.3 Å². The minimum atomic E-state index is -0.474. The monoisotopic (exact) mass is 292 g/mol. The SMILES string of the molecule is CC(C)(C#N)c1ccc(-c2nccnc2N2CCCC2)cc1. The first-order valence-electron chi connectivity index (χ1n) is 7.70. The Morgan fingerprint density at radius 3 is 2.32 bits per heavy atom. The van der Waals surface area contributed by atoms with Crippen molar-refractivity contribution in [3.63, 3.8) is 0 Å². The van der Waals surface area contributed by atoms with Gasteiger partial charge in [-0.15, -0.1) is 0 Å². The van der Waals surface area contributed by atoms with Gasteiger partial charge in [0.1, 0.15) is 5.69 Å². The average Bonchev–Trinajstić information content (AvgIpc) is 3.09. The fraction of sp³-hybridized carbons (Fsp3) is 0.389. The molecule has 4 nitrogen and oxygen atoms in total. The van der Waals surface area contributed by atoms with E-state index in [1.54, 1.807) is 12.4 Å². The summed E-state index contributed by atoms with van der Waals surface area (Å²) >= 11 is 0. The summed E-state index contributed by atoms with van der Waals surface area (Å²) < 4.78 is 0. The molecule has 0 N–H and O–H groups in total. The first-order chi connectivity index (χ1) is 10.6. The quantitative estimate of drug-likeness (QED) is 0.868. The maximum absolute atomic E-state index is 9.24. The van der Waals surface area contributed by atoms with Crippen LogP contribution in [0, 0.1) is 11.3 Å². The standard InChI is InChI=1S/C18H20N4/c1-18(2,13-19)15-7-5-14(6-8-15)16-17(21-10-9-20-16)22-11-3-4-12-22/h5-10H,3-4,11-12H2,1-2H3. The van der Waals surface area contributed by atoms with Gasteiger partial charge in [-0.05, 0) is 32.3 Å². The molecule has 0 unspecified atom stereocenters. The summed E-state index contributed by atoms with van der Waals surface area (Å²) in [6, 6.07) is 10.4. The van der Waals surface area contributed by atoms with Crippen molar-refractivity contribution >= 4 is 5.82 Å². The van der Waals surface area contributed by atoms with Crippen LogP contribution in [0.15, 0.2) is 36.7 Å². The van der Waals surface area contributed by atoms with Crippen LogP contribution in [0.5, 0.6) is 0 Å². The topological polar surface area (TPSA) is 52.8 Å². The van der Waals surface area contributed by atoms with Crippen molar-refractivity contribution in [1.29, 1.82) is 5.26 Å². The van der Waals surface area contributed by atoms with Crippen LogP contribution in [0.2, 0.25) is 0 Å². The molecule has 22 heavy (non-hydrogen) atoms. The fourth-order valence-electron chi connectivity index (χ4n) is 2.80. The molecule has 2 aromatic rings. The molecule has 0 bridgehead atoms. The third kappa shape index (κ3) is 2.67. The van der Waals surface area contributed by atoms with Gasteiger partial charge in [0.25, 0.3) is 0 Å². The summed E-state index contributed by atoms with van der Waals surface area (Å²) in [5, 5.41) is 9.24. The van der Waals surface area contributed by atoms with E-state index in [0.29, 0.717) is 0 Å². The van der Waals surface area contributed by atoms with Crippen LogP contribution >= 0.6 is 0 Å². The van der Waals surface area contributed by atoms with Crippen molar-refractivity contribution in [1.82, 2.24) is 9.97 Å². The number of benzene rings is 1. The highest BCUT2D eigenvalue weighted by molar-refractivity contribution is 5.72. The summed E-state index contributed by atoms with van der Waals surface area (Å²) in [6.45, 7) is 5.95. The summed E-state index contributed by atoms with van der Waals surface area (Å²) in [6.07, 6.45) is 5.92. The Morgan fingerprint density at radius 1 is 1.05 bits per heavy atom. The van der Waals surface area contributed by atoms with E-state index in [-0.39, 0.29) is 0 Å². The second kappa shape index (κ2) is 5.76. The van der Waals surface area contributed by atoms with E-state index in [0.717, 1.165) is 35.7 Å². The molecule has 1 aromatic carbocycles. The van der Waals surface area contributed by atoms with Gasteiger partial charge in [-0.25, -0.2) is 4.98 Å². The Hall–Kier alpha value is -2.41. The zero-order chi connectivity index (χ0) is 15.6. The van der Waals surface area contributed by atoms with E-state index in [9.17, 15) is 5.26 Å². The number of hydrogen-bond acceptors (Lipinski definition) is 4. The Morgan fingerprint density at radius 2 is 1.68 bits per heavy atom. The molecule has 4 heteroatoms. The van der Waals surface area contributed by atoms with Crippen LogP contribution in [0.3, 0.4) is 0 Å². The summed E-state index contributed by atoms with van der Waals surface area (Å²) in [4.78, 5) is 11.4. The minimum absolute atomic E-state index is 0.474. The first-order valence-corrected chi connectivity index (χ1v) is 7.70. The average molecular weight is 292 g/mol. The van der Waals surface area contributed by atoms with Crippen molar-refractivity contribution < 1.29 is 0 Å². The van der Waals surface area contributed by atoms with E-state index < -0.39 is 5.41 Å². The van der Waals surface area contributed by atoms with E-state index in [1.165, 1.54) is 12.8 Å². The van der Waals surface area contributed by atoms with Crippen molar-refractivity contribution in [2.45, 2.75) is 32.1 Å². The molecular formula is C18H20N4. The number of nitriles is 1. The van der Waals surface area contributed by atoms with Gasteiger partial charge in [0, 0.05) is 31.0 Å². The molecule has 1 aliphatic heterocycles. The first kappa shape index (κ1) is 14.5. The molecule has 112 valence electrons. The summed E-state index contributed by atoms with van der Waals surface area (Å²) in [5.74, 6) is 0.965. The molecule has 1 saturated heterocycles. The minimum Gasteiger partial charge on any atom is -0.355 e. The normalized spacial score (nSPS) is 14.9. The summed E-state index contributed by atoms with van der Waals surface area (Å²) in [7, 11) is 0. The molecule has 2 heterocycles. The predicted octanol–water partition coefficient (Wildman–Crippen LogP) is 3.54. The number of aromatic nitrogens is 2. The zero-order valence-electron chi connectivity index (χ0n) is 13.1. The molecule has 1 fully saturated rings. The van der Waals surface area contributed by atoms with Crippen LogP contribution in [-0.2, 0) is 5.41 Å². The number of nitrogens with zero attached hydrogens (tertiary/aromatic N) is 4. The van der Waals surface area contributed by atoms with E-state index in [4.69, 9.17) is 0 Å². The van der Waals surface area contributed by atoms with Crippen molar-refractivity contribution in [3.05, 3.63) is 42.2 Å². The van der Waals surface area contributed by atoms with Crippen molar-refractivity contribution in [2.75, 3.05) is 18.0 Å². The second-order valence-corrected chi connectivity index (χ2v) is 6.24. The Balaban J connectivity index is 1.97.